The molecule has 5 nitrogen and oxygen atoms in total. The number of carbonyl (C=O) groups excluding carboxylic acids is 2. The van der Waals surface area contributed by atoms with E-state index in [1.54, 1.807) is 24.3 Å². The maximum Gasteiger partial charge on any atom is 0.339 e. The van der Waals surface area contributed by atoms with Crippen molar-refractivity contribution in [1.82, 2.24) is 0 Å². The molecule has 0 amide bonds. The van der Waals surface area contributed by atoms with Gasteiger partial charge in [0.2, 0.25) is 0 Å². The number of unbranched alkanes of at least 4 members (excludes halogenated alkanes) is 1. The topological polar surface area (TPSA) is 78.6 Å². The molecule has 0 atom stereocenters. The van der Waals surface area contributed by atoms with Crippen molar-refractivity contribution in [3.05, 3.63) is 35.9 Å². The van der Waals surface area contributed by atoms with Crippen LogP contribution in [0.15, 0.2) is 35.9 Å². The van der Waals surface area contributed by atoms with Gasteiger partial charge in [-0.2, -0.15) is 0 Å². The number of benzene rings is 1. The highest BCUT2D eigenvalue weighted by Gasteiger charge is 2.22. The summed E-state index contributed by atoms with van der Waals surface area (Å²) in [6.07, 6.45) is 3.94. The van der Waals surface area contributed by atoms with Crippen LogP contribution in [0.4, 0.5) is 5.69 Å². The summed E-state index contributed by atoms with van der Waals surface area (Å²) in [5.74, 6) is -0.774. The normalized spacial score (nSPS) is 11.9. The minimum atomic E-state index is -0.599. The number of anilines is 1. The highest BCUT2D eigenvalue weighted by molar-refractivity contribution is 5.96. The van der Waals surface area contributed by atoms with Gasteiger partial charge in [-0.25, -0.2) is 9.59 Å². The lowest BCUT2D eigenvalue weighted by atomic mass is 10.0. The molecule has 1 aromatic rings. The molecule has 0 aliphatic rings. The van der Waals surface area contributed by atoms with Crippen molar-refractivity contribution in [2.24, 2.45) is 0 Å². The van der Waals surface area contributed by atoms with Crippen LogP contribution in [0, 0.1) is 0 Å². The molecule has 0 radical (unpaired) electrons. The van der Waals surface area contributed by atoms with Crippen molar-refractivity contribution in [3.63, 3.8) is 0 Å². The van der Waals surface area contributed by atoms with E-state index in [0.717, 1.165) is 25.3 Å². The first-order chi connectivity index (χ1) is 10.7. The Bertz CT molecular complexity index is 573. The summed E-state index contributed by atoms with van der Waals surface area (Å²) in [4.78, 5) is 23.9. The van der Waals surface area contributed by atoms with Crippen molar-refractivity contribution in [2.75, 3.05) is 5.73 Å². The maximum atomic E-state index is 11.9. The van der Waals surface area contributed by atoms with E-state index in [0.29, 0.717) is 11.4 Å². The summed E-state index contributed by atoms with van der Waals surface area (Å²) in [7, 11) is 0. The van der Waals surface area contributed by atoms with Gasteiger partial charge in [0, 0.05) is 17.3 Å². The Balaban J connectivity index is 2.62. The zero-order valence-electron chi connectivity index (χ0n) is 14.2. The van der Waals surface area contributed by atoms with Crippen molar-refractivity contribution < 1.29 is 19.1 Å². The fourth-order valence-corrected chi connectivity index (χ4v) is 1.91. The van der Waals surface area contributed by atoms with E-state index in [9.17, 15) is 9.59 Å². The van der Waals surface area contributed by atoms with Crippen LogP contribution in [-0.2, 0) is 14.3 Å². The van der Waals surface area contributed by atoms with Crippen LogP contribution >= 0.6 is 0 Å². The largest absolute Gasteiger partial charge is 0.456 e. The minimum Gasteiger partial charge on any atom is -0.456 e. The van der Waals surface area contributed by atoms with E-state index < -0.39 is 17.5 Å². The van der Waals surface area contributed by atoms with Gasteiger partial charge in [-0.15, -0.1) is 0 Å². The Morgan fingerprint density at radius 2 is 1.83 bits per heavy atom. The van der Waals surface area contributed by atoms with Gasteiger partial charge in [0.15, 0.2) is 0 Å². The lowest BCUT2D eigenvalue weighted by molar-refractivity contribution is -0.151. The molecular formula is C18H25NO4. The smallest absolute Gasteiger partial charge is 0.339 e. The first-order valence-electron chi connectivity index (χ1n) is 7.72. The number of nitrogens with two attached hydrogens (primary N) is 1. The van der Waals surface area contributed by atoms with Crippen LogP contribution < -0.4 is 10.5 Å². The highest BCUT2D eigenvalue weighted by Crippen LogP contribution is 2.19. The van der Waals surface area contributed by atoms with Crippen LogP contribution in [0.2, 0.25) is 0 Å². The second-order valence-electron chi connectivity index (χ2n) is 6.07. The van der Waals surface area contributed by atoms with Gasteiger partial charge in [-0.3, -0.25) is 0 Å². The minimum absolute atomic E-state index is 0.179. The van der Waals surface area contributed by atoms with E-state index in [1.165, 1.54) is 6.92 Å². The number of hydrogen-bond donors (Lipinski definition) is 1. The zero-order valence-corrected chi connectivity index (χ0v) is 14.2. The Kier molecular flexibility index (Phi) is 6.82. The summed E-state index contributed by atoms with van der Waals surface area (Å²) < 4.78 is 10.5. The standard InChI is InChI=1S/C18H25NO4/c1-5-6-11-18(3,4)23-16(20)12-13(2)17(21)22-15-9-7-14(19)8-10-15/h7-10,12H,5-6,11,19H2,1-4H3. The molecule has 0 heterocycles. The summed E-state index contributed by atoms with van der Waals surface area (Å²) in [5.41, 5.74) is 5.77. The Labute approximate surface area is 137 Å². The van der Waals surface area contributed by atoms with Gasteiger partial charge in [0.05, 0.1) is 0 Å². The number of esters is 2. The third kappa shape index (κ3) is 7.00. The number of ether oxygens (including phenoxy) is 2. The van der Waals surface area contributed by atoms with Crippen molar-refractivity contribution >= 4 is 17.6 Å². The Morgan fingerprint density at radius 1 is 1.22 bits per heavy atom. The molecule has 0 saturated heterocycles. The predicted molar refractivity (Wildman–Crippen MR) is 89.9 cm³/mol. The number of hydrogen-bond acceptors (Lipinski definition) is 5. The summed E-state index contributed by atoms with van der Waals surface area (Å²) >= 11 is 0. The number of nitrogen functional groups attached to an aromatic ring is 1. The molecule has 126 valence electrons. The molecule has 0 bridgehead atoms. The fraction of sp³-hybridized carbons (Fsp3) is 0.444. The van der Waals surface area contributed by atoms with Crippen LogP contribution in [0.3, 0.4) is 0 Å². The summed E-state index contributed by atoms with van der Waals surface area (Å²) in [5, 5.41) is 0. The molecule has 23 heavy (non-hydrogen) atoms. The lowest BCUT2D eigenvalue weighted by Gasteiger charge is -2.24. The zero-order chi connectivity index (χ0) is 17.5. The van der Waals surface area contributed by atoms with Gasteiger partial charge >= 0.3 is 11.9 Å². The molecule has 2 N–H and O–H groups in total. The van der Waals surface area contributed by atoms with E-state index in [4.69, 9.17) is 15.2 Å². The molecule has 1 aromatic carbocycles. The molecule has 0 unspecified atom stereocenters. The van der Waals surface area contributed by atoms with Gasteiger partial charge < -0.3 is 15.2 Å². The van der Waals surface area contributed by atoms with Crippen molar-refractivity contribution in [2.45, 2.75) is 52.6 Å². The first kappa shape index (κ1) is 18.7. The van der Waals surface area contributed by atoms with Crippen molar-refractivity contribution in [3.8, 4) is 5.75 Å². The van der Waals surface area contributed by atoms with E-state index >= 15 is 0 Å². The Hall–Kier alpha value is -2.30. The SMILES string of the molecule is CCCCC(C)(C)OC(=O)C=C(C)C(=O)Oc1ccc(N)cc1. The van der Waals surface area contributed by atoms with Crippen LogP contribution in [0.5, 0.6) is 5.75 Å². The maximum absolute atomic E-state index is 11.9. The van der Waals surface area contributed by atoms with Gasteiger partial charge in [-0.05, 0) is 57.9 Å². The van der Waals surface area contributed by atoms with E-state index in [2.05, 4.69) is 6.92 Å². The molecule has 0 aliphatic heterocycles. The number of rotatable bonds is 7. The molecule has 0 aliphatic carbocycles. The summed E-state index contributed by atoms with van der Waals surface area (Å²) in [6.45, 7) is 7.31. The molecule has 0 saturated carbocycles. The summed E-state index contributed by atoms with van der Waals surface area (Å²) in [6, 6.07) is 6.44. The van der Waals surface area contributed by atoms with Crippen LogP contribution in [0.1, 0.15) is 47.0 Å². The monoisotopic (exact) mass is 319 g/mol. The Morgan fingerprint density at radius 3 is 2.39 bits per heavy atom. The molecule has 0 spiro atoms. The third-order valence-electron chi connectivity index (χ3n) is 3.26. The second kappa shape index (κ2) is 8.36. The van der Waals surface area contributed by atoms with Gasteiger partial charge in [0.25, 0.3) is 0 Å². The quantitative estimate of drug-likeness (QED) is 0.359. The third-order valence-corrected chi connectivity index (χ3v) is 3.26. The van der Waals surface area contributed by atoms with Crippen molar-refractivity contribution in [1.29, 1.82) is 0 Å². The second-order valence-corrected chi connectivity index (χ2v) is 6.07. The molecule has 5 heteroatoms. The van der Waals surface area contributed by atoms with Gasteiger partial charge in [-0.1, -0.05) is 13.3 Å². The molecule has 1 rings (SSSR count). The van der Waals surface area contributed by atoms with E-state index in [-0.39, 0.29) is 5.57 Å². The van der Waals surface area contributed by atoms with Crippen LogP contribution in [0.25, 0.3) is 0 Å². The lowest BCUT2D eigenvalue weighted by Crippen LogP contribution is -2.27. The fourth-order valence-electron chi connectivity index (χ4n) is 1.91. The number of carbonyl (C=O) groups is 2. The molecule has 0 fully saturated rings. The molecular weight excluding hydrogens is 294 g/mol. The van der Waals surface area contributed by atoms with E-state index in [1.807, 2.05) is 13.8 Å². The first-order valence-corrected chi connectivity index (χ1v) is 7.72. The average molecular weight is 319 g/mol. The highest BCUT2D eigenvalue weighted by atomic mass is 16.6. The van der Waals surface area contributed by atoms with Gasteiger partial charge in [0.1, 0.15) is 11.4 Å². The van der Waals surface area contributed by atoms with Crippen LogP contribution in [-0.4, -0.2) is 17.5 Å². The average Bonchev–Trinajstić information content (AvgIpc) is 2.46. The molecule has 0 aromatic heterocycles. The predicted octanol–water partition coefficient (Wildman–Crippen LogP) is 3.63.